The molecule has 13 heavy (non-hydrogen) atoms. The highest BCUT2D eigenvalue weighted by Crippen LogP contribution is 2.07. The molecule has 74 valence electrons. The molecular formula is C7H12N2O4. The molecule has 1 fully saturated rings. The van der Waals surface area contributed by atoms with E-state index in [2.05, 4.69) is 4.74 Å². The normalized spacial score (nSPS) is 22.5. The molecule has 1 unspecified atom stereocenters. The number of ether oxygens (including phenoxy) is 2. The van der Waals surface area contributed by atoms with Gasteiger partial charge in [0.05, 0.1) is 20.3 Å². The molecule has 0 spiro atoms. The van der Waals surface area contributed by atoms with Gasteiger partial charge in [-0.15, -0.1) is 0 Å². The molecule has 2 amide bonds. The average molecular weight is 188 g/mol. The third-order valence-electron chi connectivity index (χ3n) is 1.87. The van der Waals surface area contributed by atoms with E-state index < -0.39 is 18.0 Å². The SMILES string of the molecule is COC(=O)N1CCOCC1C(N)=O. The monoisotopic (exact) mass is 188 g/mol. The van der Waals surface area contributed by atoms with Gasteiger partial charge in [-0.05, 0) is 0 Å². The van der Waals surface area contributed by atoms with E-state index in [1.54, 1.807) is 0 Å². The lowest BCUT2D eigenvalue weighted by atomic mass is 10.2. The fourth-order valence-corrected chi connectivity index (χ4v) is 1.18. The number of nitrogens with zero attached hydrogens (tertiary/aromatic N) is 1. The molecule has 1 rings (SSSR count). The van der Waals surface area contributed by atoms with Crippen molar-refractivity contribution in [3.63, 3.8) is 0 Å². The number of rotatable bonds is 1. The Morgan fingerprint density at radius 3 is 2.85 bits per heavy atom. The predicted molar refractivity (Wildman–Crippen MR) is 42.9 cm³/mol. The van der Waals surface area contributed by atoms with Gasteiger partial charge in [0.2, 0.25) is 5.91 Å². The molecule has 0 radical (unpaired) electrons. The standard InChI is InChI=1S/C7H12N2O4/c1-12-7(11)9-2-3-13-4-5(9)6(8)10/h5H,2-4H2,1H3,(H2,8,10). The molecule has 1 aliphatic heterocycles. The van der Waals surface area contributed by atoms with Gasteiger partial charge in [-0.1, -0.05) is 0 Å². The van der Waals surface area contributed by atoms with E-state index >= 15 is 0 Å². The van der Waals surface area contributed by atoms with Crippen molar-refractivity contribution < 1.29 is 19.1 Å². The summed E-state index contributed by atoms with van der Waals surface area (Å²) in [6.45, 7) is 0.879. The van der Waals surface area contributed by atoms with Crippen molar-refractivity contribution in [1.82, 2.24) is 4.90 Å². The molecule has 1 atom stereocenters. The van der Waals surface area contributed by atoms with E-state index in [0.29, 0.717) is 13.2 Å². The zero-order chi connectivity index (χ0) is 9.84. The van der Waals surface area contributed by atoms with Crippen molar-refractivity contribution in [2.75, 3.05) is 26.9 Å². The van der Waals surface area contributed by atoms with Crippen molar-refractivity contribution in [1.29, 1.82) is 0 Å². The van der Waals surface area contributed by atoms with E-state index in [1.165, 1.54) is 12.0 Å². The predicted octanol–water partition coefficient (Wildman–Crippen LogP) is -1.06. The topological polar surface area (TPSA) is 81.9 Å². The number of hydrogen-bond acceptors (Lipinski definition) is 4. The summed E-state index contributed by atoms with van der Waals surface area (Å²) in [7, 11) is 1.26. The number of hydrogen-bond donors (Lipinski definition) is 1. The summed E-state index contributed by atoms with van der Waals surface area (Å²) in [5.74, 6) is -0.579. The Hall–Kier alpha value is -1.30. The van der Waals surface area contributed by atoms with Crippen LogP contribution in [0.3, 0.4) is 0 Å². The minimum atomic E-state index is -0.707. The quantitative estimate of drug-likeness (QED) is 0.568. The number of nitrogens with two attached hydrogens (primary N) is 1. The Morgan fingerprint density at radius 2 is 2.31 bits per heavy atom. The molecule has 6 heteroatoms. The van der Waals surface area contributed by atoms with E-state index in [9.17, 15) is 9.59 Å². The lowest BCUT2D eigenvalue weighted by Gasteiger charge is -2.32. The second-order valence-corrected chi connectivity index (χ2v) is 2.66. The van der Waals surface area contributed by atoms with Crippen LogP contribution in [0.2, 0.25) is 0 Å². The van der Waals surface area contributed by atoms with Gasteiger partial charge in [-0.25, -0.2) is 4.79 Å². The highest BCUT2D eigenvalue weighted by molar-refractivity contribution is 5.84. The fraction of sp³-hybridized carbons (Fsp3) is 0.714. The highest BCUT2D eigenvalue weighted by Gasteiger charge is 2.31. The van der Waals surface area contributed by atoms with Crippen LogP contribution >= 0.6 is 0 Å². The molecule has 0 aromatic carbocycles. The summed E-state index contributed by atoms with van der Waals surface area (Å²) in [5.41, 5.74) is 5.08. The third-order valence-corrected chi connectivity index (χ3v) is 1.87. The lowest BCUT2D eigenvalue weighted by Crippen LogP contribution is -2.54. The molecule has 0 aliphatic carbocycles. The summed E-state index contributed by atoms with van der Waals surface area (Å²) in [4.78, 5) is 23.3. The first-order valence-corrected chi connectivity index (χ1v) is 3.88. The smallest absolute Gasteiger partial charge is 0.410 e. The van der Waals surface area contributed by atoms with Crippen LogP contribution in [-0.4, -0.2) is 49.8 Å². The summed E-state index contributed by atoms with van der Waals surface area (Å²) >= 11 is 0. The third kappa shape index (κ3) is 2.09. The summed E-state index contributed by atoms with van der Waals surface area (Å²) in [6, 6.07) is -0.707. The molecule has 6 nitrogen and oxygen atoms in total. The first kappa shape index (κ1) is 9.79. The molecule has 1 saturated heterocycles. The maximum atomic E-state index is 11.1. The second-order valence-electron chi connectivity index (χ2n) is 2.66. The second kappa shape index (κ2) is 4.08. The Bertz CT molecular complexity index is 219. The Morgan fingerprint density at radius 1 is 1.62 bits per heavy atom. The van der Waals surface area contributed by atoms with E-state index in [4.69, 9.17) is 10.5 Å². The molecule has 0 aromatic rings. The molecule has 2 N–H and O–H groups in total. The minimum Gasteiger partial charge on any atom is -0.453 e. The van der Waals surface area contributed by atoms with Crippen molar-refractivity contribution in [2.45, 2.75) is 6.04 Å². The first-order valence-electron chi connectivity index (χ1n) is 3.88. The van der Waals surface area contributed by atoms with Crippen LogP contribution in [0.4, 0.5) is 4.79 Å². The van der Waals surface area contributed by atoms with Gasteiger partial charge in [0, 0.05) is 6.54 Å². The van der Waals surface area contributed by atoms with Gasteiger partial charge in [-0.3, -0.25) is 9.69 Å². The largest absolute Gasteiger partial charge is 0.453 e. The number of primary amides is 1. The minimum absolute atomic E-state index is 0.143. The Balaban J connectivity index is 2.67. The van der Waals surface area contributed by atoms with Crippen LogP contribution in [0.15, 0.2) is 0 Å². The maximum Gasteiger partial charge on any atom is 0.410 e. The summed E-state index contributed by atoms with van der Waals surface area (Å²) in [5, 5.41) is 0. The van der Waals surface area contributed by atoms with Crippen molar-refractivity contribution in [2.24, 2.45) is 5.73 Å². The van der Waals surface area contributed by atoms with Gasteiger partial charge in [0.25, 0.3) is 0 Å². The van der Waals surface area contributed by atoms with E-state index in [0.717, 1.165) is 0 Å². The first-order chi connectivity index (χ1) is 6.16. The van der Waals surface area contributed by atoms with Crippen molar-refractivity contribution >= 4 is 12.0 Å². The van der Waals surface area contributed by atoms with Crippen LogP contribution in [0.1, 0.15) is 0 Å². The van der Waals surface area contributed by atoms with Crippen LogP contribution in [0.5, 0.6) is 0 Å². The van der Waals surface area contributed by atoms with E-state index in [-0.39, 0.29) is 6.61 Å². The number of amides is 2. The maximum absolute atomic E-state index is 11.1. The molecule has 0 saturated carbocycles. The molecule has 0 bridgehead atoms. The summed E-state index contributed by atoms with van der Waals surface area (Å²) < 4.78 is 9.51. The number of carbonyl (C=O) groups excluding carboxylic acids is 2. The zero-order valence-corrected chi connectivity index (χ0v) is 7.36. The van der Waals surface area contributed by atoms with Gasteiger partial charge >= 0.3 is 6.09 Å². The Labute approximate surface area is 75.6 Å². The van der Waals surface area contributed by atoms with Gasteiger partial charge in [0.1, 0.15) is 6.04 Å². The molecule has 1 aliphatic rings. The molecule has 1 heterocycles. The Kier molecular flexibility index (Phi) is 3.07. The highest BCUT2D eigenvalue weighted by atomic mass is 16.5. The summed E-state index contributed by atoms with van der Waals surface area (Å²) in [6.07, 6.45) is -0.549. The fourth-order valence-electron chi connectivity index (χ4n) is 1.18. The molecule has 0 aromatic heterocycles. The van der Waals surface area contributed by atoms with Gasteiger partial charge in [-0.2, -0.15) is 0 Å². The van der Waals surface area contributed by atoms with Crippen LogP contribution in [0, 0.1) is 0 Å². The number of carbonyl (C=O) groups is 2. The van der Waals surface area contributed by atoms with Gasteiger partial charge < -0.3 is 15.2 Å². The van der Waals surface area contributed by atoms with Crippen LogP contribution < -0.4 is 5.73 Å². The number of methoxy groups -OCH3 is 1. The van der Waals surface area contributed by atoms with Gasteiger partial charge in [0.15, 0.2) is 0 Å². The zero-order valence-electron chi connectivity index (χ0n) is 7.36. The van der Waals surface area contributed by atoms with Crippen molar-refractivity contribution in [3.8, 4) is 0 Å². The molecular weight excluding hydrogens is 176 g/mol. The van der Waals surface area contributed by atoms with E-state index in [1.807, 2.05) is 0 Å². The number of morpholine rings is 1. The van der Waals surface area contributed by atoms with Crippen LogP contribution in [0.25, 0.3) is 0 Å². The lowest BCUT2D eigenvalue weighted by molar-refractivity contribution is -0.128. The van der Waals surface area contributed by atoms with Crippen LogP contribution in [-0.2, 0) is 14.3 Å². The average Bonchev–Trinajstić information content (AvgIpc) is 2.16. The van der Waals surface area contributed by atoms with Crippen molar-refractivity contribution in [3.05, 3.63) is 0 Å².